The molecule has 0 aliphatic rings. The molecule has 0 radical (unpaired) electrons. The van der Waals surface area contributed by atoms with Crippen molar-refractivity contribution in [1.29, 1.82) is 0 Å². The van der Waals surface area contributed by atoms with Gasteiger partial charge in [-0.2, -0.15) is 0 Å². The number of nitrogens with zero attached hydrogens (tertiary/aromatic N) is 3. The standard InChI is InChI=1S/C33H23BBrN3/c34-29-18-25(22-10-4-1-5-11-22)16-27(19-29)32-36-31(24-14-8-3-9-15-24)37-33(38-32)28-17-26(20-30(35)21-28)23-12-6-2-7-13-23/h1-21H,34H2. The van der Waals surface area contributed by atoms with Crippen molar-refractivity contribution >= 4 is 29.2 Å². The van der Waals surface area contributed by atoms with Crippen LogP contribution in [-0.4, -0.2) is 22.8 Å². The summed E-state index contributed by atoms with van der Waals surface area (Å²) in [6.07, 6.45) is 0. The second-order valence-corrected chi connectivity index (χ2v) is 10.1. The molecule has 0 spiro atoms. The van der Waals surface area contributed by atoms with Crippen LogP contribution in [0.1, 0.15) is 0 Å². The molecule has 0 N–H and O–H groups in total. The molecule has 0 aliphatic heterocycles. The quantitative estimate of drug-likeness (QED) is 0.212. The molecule has 6 rings (SSSR count). The van der Waals surface area contributed by atoms with Gasteiger partial charge in [0.1, 0.15) is 7.85 Å². The summed E-state index contributed by atoms with van der Waals surface area (Å²) >= 11 is 3.71. The van der Waals surface area contributed by atoms with Crippen molar-refractivity contribution in [3.63, 3.8) is 0 Å². The predicted molar refractivity (Wildman–Crippen MR) is 163 cm³/mol. The lowest BCUT2D eigenvalue weighted by molar-refractivity contribution is 1.07. The zero-order valence-corrected chi connectivity index (χ0v) is 22.4. The van der Waals surface area contributed by atoms with Crippen LogP contribution in [0.4, 0.5) is 0 Å². The summed E-state index contributed by atoms with van der Waals surface area (Å²) in [7, 11) is 2.11. The first-order valence-corrected chi connectivity index (χ1v) is 13.3. The van der Waals surface area contributed by atoms with Gasteiger partial charge in [0.05, 0.1) is 0 Å². The number of hydrogen-bond donors (Lipinski definition) is 0. The van der Waals surface area contributed by atoms with Crippen molar-refractivity contribution < 1.29 is 0 Å². The SMILES string of the molecule is Bc1cc(-c2ccccc2)cc(-c2nc(-c3ccccc3)nc(-c3cc(Br)cc(-c4ccccc4)c3)n2)c1. The van der Waals surface area contributed by atoms with E-state index in [2.05, 4.69) is 96.6 Å². The van der Waals surface area contributed by atoms with Crippen LogP contribution in [0.2, 0.25) is 0 Å². The van der Waals surface area contributed by atoms with Crippen LogP contribution >= 0.6 is 15.9 Å². The number of halogens is 1. The van der Waals surface area contributed by atoms with E-state index >= 15 is 0 Å². The van der Waals surface area contributed by atoms with E-state index < -0.39 is 0 Å². The maximum atomic E-state index is 5.01. The average molecular weight is 552 g/mol. The van der Waals surface area contributed by atoms with Crippen molar-refractivity contribution in [2.24, 2.45) is 0 Å². The monoisotopic (exact) mass is 551 g/mol. The molecule has 0 atom stereocenters. The highest BCUT2D eigenvalue weighted by Gasteiger charge is 2.15. The Morgan fingerprint density at radius 1 is 0.395 bits per heavy atom. The zero-order chi connectivity index (χ0) is 25.9. The van der Waals surface area contributed by atoms with E-state index in [1.165, 1.54) is 0 Å². The van der Waals surface area contributed by atoms with Crippen molar-refractivity contribution in [2.45, 2.75) is 0 Å². The Bertz CT molecular complexity index is 1620. The van der Waals surface area contributed by atoms with E-state index in [9.17, 15) is 0 Å². The minimum atomic E-state index is 0.634. The molecule has 0 saturated carbocycles. The van der Waals surface area contributed by atoms with E-state index in [0.29, 0.717) is 17.5 Å². The first kappa shape index (κ1) is 24.0. The van der Waals surface area contributed by atoms with Crippen LogP contribution in [0.3, 0.4) is 0 Å². The molecule has 0 fully saturated rings. The highest BCUT2D eigenvalue weighted by molar-refractivity contribution is 9.10. The Labute approximate surface area is 231 Å². The summed E-state index contributed by atoms with van der Waals surface area (Å²) in [5.41, 5.74) is 8.52. The van der Waals surface area contributed by atoms with Gasteiger partial charge in [-0.15, -0.1) is 0 Å². The van der Waals surface area contributed by atoms with Crippen LogP contribution in [0.15, 0.2) is 132 Å². The Hall–Kier alpha value is -4.35. The lowest BCUT2D eigenvalue weighted by atomic mass is 9.89. The van der Waals surface area contributed by atoms with Crippen molar-refractivity contribution in [3.8, 4) is 56.4 Å². The molecule has 6 aromatic rings. The van der Waals surface area contributed by atoms with Crippen LogP contribution in [-0.2, 0) is 0 Å². The molecule has 5 aromatic carbocycles. The van der Waals surface area contributed by atoms with Gasteiger partial charge in [0.15, 0.2) is 17.5 Å². The first-order valence-electron chi connectivity index (χ1n) is 12.5. The van der Waals surface area contributed by atoms with Gasteiger partial charge in [-0.05, 0) is 46.5 Å². The first-order chi connectivity index (χ1) is 18.6. The van der Waals surface area contributed by atoms with Crippen LogP contribution < -0.4 is 5.46 Å². The van der Waals surface area contributed by atoms with Crippen LogP contribution in [0.25, 0.3) is 56.4 Å². The smallest absolute Gasteiger partial charge is 0.164 e. The molecular weight excluding hydrogens is 529 g/mol. The molecule has 38 heavy (non-hydrogen) atoms. The third-order valence-electron chi connectivity index (χ3n) is 6.37. The van der Waals surface area contributed by atoms with Crippen molar-refractivity contribution in [1.82, 2.24) is 15.0 Å². The van der Waals surface area contributed by atoms with Crippen molar-refractivity contribution in [2.75, 3.05) is 0 Å². The maximum absolute atomic E-state index is 5.01. The number of benzene rings is 5. The fourth-order valence-electron chi connectivity index (χ4n) is 4.58. The van der Waals surface area contributed by atoms with Gasteiger partial charge in [-0.1, -0.05) is 125 Å². The molecule has 0 unspecified atom stereocenters. The fourth-order valence-corrected chi connectivity index (χ4v) is 5.07. The molecule has 3 nitrogen and oxygen atoms in total. The van der Waals surface area contributed by atoms with E-state index in [-0.39, 0.29) is 0 Å². The van der Waals surface area contributed by atoms with Crippen LogP contribution in [0.5, 0.6) is 0 Å². The largest absolute Gasteiger partial charge is 0.208 e. The molecule has 0 saturated heterocycles. The van der Waals surface area contributed by atoms with Gasteiger partial charge >= 0.3 is 0 Å². The topological polar surface area (TPSA) is 38.7 Å². The summed E-state index contributed by atoms with van der Waals surface area (Å²) in [5.74, 6) is 1.93. The summed E-state index contributed by atoms with van der Waals surface area (Å²) in [6.45, 7) is 0. The van der Waals surface area contributed by atoms with E-state index in [1.807, 2.05) is 54.6 Å². The summed E-state index contributed by atoms with van der Waals surface area (Å²) in [4.78, 5) is 14.9. The molecule has 5 heteroatoms. The Morgan fingerprint density at radius 2 is 0.763 bits per heavy atom. The molecule has 0 bridgehead atoms. The Kier molecular flexibility index (Phi) is 6.68. The Morgan fingerprint density at radius 3 is 1.29 bits per heavy atom. The van der Waals surface area contributed by atoms with E-state index in [0.717, 1.165) is 48.9 Å². The third kappa shape index (κ3) is 5.20. The van der Waals surface area contributed by atoms with E-state index in [1.54, 1.807) is 0 Å². The van der Waals surface area contributed by atoms with Crippen molar-refractivity contribution in [3.05, 3.63) is 132 Å². The molecule has 1 heterocycles. The molecule has 1 aromatic heterocycles. The normalized spacial score (nSPS) is 10.9. The highest BCUT2D eigenvalue weighted by Crippen LogP contribution is 2.32. The number of rotatable bonds is 5. The summed E-state index contributed by atoms with van der Waals surface area (Å²) < 4.78 is 0.971. The second-order valence-electron chi connectivity index (χ2n) is 9.22. The average Bonchev–Trinajstić information content (AvgIpc) is 2.97. The minimum absolute atomic E-state index is 0.634. The molecule has 180 valence electrons. The zero-order valence-electron chi connectivity index (χ0n) is 20.8. The van der Waals surface area contributed by atoms with Gasteiger partial charge in [-0.3, -0.25) is 0 Å². The lowest BCUT2D eigenvalue weighted by Gasteiger charge is -2.12. The van der Waals surface area contributed by atoms with Gasteiger partial charge in [0.2, 0.25) is 0 Å². The summed E-state index contributed by atoms with van der Waals surface area (Å²) in [6, 6.07) is 43.6. The maximum Gasteiger partial charge on any atom is 0.164 e. The summed E-state index contributed by atoms with van der Waals surface area (Å²) in [5, 5.41) is 0. The highest BCUT2D eigenvalue weighted by atomic mass is 79.9. The molecule has 0 amide bonds. The third-order valence-corrected chi connectivity index (χ3v) is 6.83. The van der Waals surface area contributed by atoms with E-state index in [4.69, 9.17) is 15.0 Å². The lowest BCUT2D eigenvalue weighted by Crippen LogP contribution is -2.05. The predicted octanol–water partition coefficient (Wildman–Crippen LogP) is 7.23. The van der Waals surface area contributed by atoms with Gasteiger partial charge in [-0.25, -0.2) is 15.0 Å². The molecule has 0 aliphatic carbocycles. The number of hydrogen-bond acceptors (Lipinski definition) is 3. The fraction of sp³-hybridized carbons (Fsp3) is 0. The molecular formula is C33H23BBrN3. The van der Waals surface area contributed by atoms with Gasteiger partial charge < -0.3 is 0 Å². The minimum Gasteiger partial charge on any atom is -0.208 e. The second kappa shape index (κ2) is 10.6. The number of aromatic nitrogens is 3. The van der Waals surface area contributed by atoms with Crippen LogP contribution in [0, 0.1) is 0 Å². The van der Waals surface area contributed by atoms with Gasteiger partial charge in [0, 0.05) is 21.2 Å². The van der Waals surface area contributed by atoms with Gasteiger partial charge in [0.25, 0.3) is 0 Å². The Balaban J connectivity index is 1.54.